The Kier molecular flexibility index (Phi) is 4.90. The molecule has 0 saturated heterocycles. The predicted octanol–water partition coefficient (Wildman–Crippen LogP) is 3.73. The van der Waals surface area contributed by atoms with Crippen molar-refractivity contribution in [2.45, 2.75) is 13.0 Å². The maximum atomic E-state index is 12.5. The van der Waals surface area contributed by atoms with Gasteiger partial charge in [-0.05, 0) is 53.6 Å². The summed E-state index contributed by atoms with van der Waals surface area (Å²) in [5.74, 6) is 1.20. The molecular weight excluding hydrogens is 360 g/mol. The Morgan fingerprint density at radius 3 is 2.70 bits per heavy atom. The molecule has 1 amide bonds. The van der Waals surface area contributed by atoms with Crippen LogP contribution in [0.5, 0.6) is 11.5 Å². The summed E-state index contributed by atoms with van der Waals surface area (Å²) in [7, 11) is 3.23. The summed E-state index contributed by atoms with van der Waals surface area (Å²) in [6, 6.07) is 14.0. The Hall–Kier alpha value is -2.73. The number of carbonyl (C=O) groups excluding carboxylic acids is 1. The summed E-state index contributed by atoms with van der Waals surface area (Å²) in [5, 5.41) is 0.766. The first-order valence-corrected chi connectivity index (χ1v) is 9.56. The highest BCUT2D eigenvalue weighted by atomic mass is 32.2. The fourth-order valence-corrected chi connectivity index (χ4v) is 4.21. The number of amides is 1. The largest absolute Gasteiger partial charge is 0.497 e. The van der Waals surface area contributed by atoms with E-state index in [9.17, 15) is 4.79 Å². The SMILES string of the molecule is COc1ccc(OC)c(/C=C2\SC(N3CCc4ccccc4C3)=NC2=O)c1. The number of aliphatic imine (C=N–C) groups is 1. The minimum atomic E-state index is -0.210. The van der Waals surface area contributed by atoms with Crippen LogP contribution in [0.3, 0.4) is 0 Å². The van der Waals surface area contributed by atoms with Gasteiger partial charge in [0.25, 0.3) is 5.91 Å². The molecule has 5 nitrogen and oxygen atoms in total. The van der Waals surface area contributed by atoms with Gasteiger partial charge in [-0.25, -0.2) is 0 Å². The van der Waals surface area contributed by atoms with E-state index in [2.05, 4.69) is 34.2 Å². The van der Waals surface area contributed by atoms with E-state index in [0.29, 0.717) is 16.4 Å². The van der Waals surface area contributed by atoms with E-state index >= 15 is 0 Å². The number of nitrogens with zero attached hydrogens (tertiary/aromatic N) is 2. The van der Waals surface area contributed by atoms with E-state index < -0.39 is 0 Å². The second-order valence-electron chi connectivity index (χ2n) is 6.36. The minimum Gasteiger partial charge on any atom is -0.497 e. The fraction of sp³-hybridized carbons (Fsp3) is 0.238. The summed E-state index contributed by atoms with van der Waals surface area (Å²) in [6.45, 7) is 1.65. The van der Waals surface area contributed by atoms with Gasteiger partial charge in [-0.15, -0.1) is 0 Å². The minimum absolute atomic E-state index is 0.210. The molecule has 0 atom stereocenters. The molecular formula is C21H20N2O3S. The van der Waals surface area contributed by atoms with Gasteiger partial charge in [0.2, 0.25) is 0 Å². The molecule has 0 radical (unpaired) electrons. The summed E-state index contributed by atoms with van der Waals surface area (Å²) in [5.41, 5.74) is 3.47. The van der Waals surface area contributed by atoms with E-state index in [0.717, 1.165) is 30.2 Å². The molecule has 0 bridgehead atoms. The zero-order valence-corrected chi connectivity index (χ0v) is 16.1. The van der Waals surface area contributed by atoms with Crippen LogP contribution in [0.1, 0.15) is 16.7 Å². The third-order valence-electron chi connectivity index (χ3n) is 4.73. The molecule has 0 fully saturated rings. The molecule has 4 rings (SSSR count). The lowest BCUT2D eigenvalue weighted by Crippen LogP contribution is -2.33. The highest BCUT2D eigenvalue weighted by Crippen LogP contribution is 2.35. The molecule has 0 aliphatic carbocycles. The Morgan fingerprint density at radius 2 is 1.93 bits per heavy atom. The van der Waals surface area contributed by atoms with E-state index in [-0.39, 0.29) is 5.91 Å². The van der Waals surface area contributed by atoms with Crippen molar-refractivity contribution >= 4 is 28.9 Å². The van der Waals surface area contributed by atoms with E-state index in [1.54, 1.807) is 14.2 Å². The van der Waals surface area contributed by atoms with Gasteiger partial charge in [0.1, 0.15) is 11.5 Å². The predicted molar refractivity (Wildman–Crippen MR) is 108 cm³/mol. The molecule has 0 spiro atoms. The number of hydrogen-bond donors (Lipinski definition) is 0. The molecule has 2 aliphatic rings. The lowest BCUT2D eigenvalue weighted by molar-refractivity contribution is -0.113. The maximum Gasteiger partial charge on any atom is 0.286 e. The molecule has 138 valence electrons. The van der Waals surface area contributed by atoms with Crippen molar-refractivity contribution in [1.82, 2.24) is 4.90 Å². The van der Waals surface area contributed by atoms with Gasteiger partial charge in [0.05, 0.1) is 19.1 Å². The second-order valence-corrected chi connectivity index (χ2v) is 7.37. The number of thioether (sulfide) groups is 1. The first kappa shape index (κ1) is 17.7. The van der Waals surface area contributed by atoms with Gasteiger partial charge in [-0.3, -0.25) is 4.79 Å². The molecule has 0 saturated carbocycles. The number of ether oxygens (including phenoxy) is 2. The summed E-state index contributed by atoms with van der Waals surface area (Å²) >= 11 is 1.42. The van der Waals surface area contributed by atoms with Crippen LogP contribution in [-0.4, -0.2) is 36.7 Å². The van der Waals surface area contributed by atoms with Gasteiger partial charge >= 0.3 is 0 Å². The Balaban J connectivity index is 1.56. The van der Waals surface area contributed by atoms with Crippen LogP contribution in [0.15, 0.2) is 52.4 Å². The Bertz CT molecular complexity index is 952. The average molecular weight is 380 g/mol. The van der Waals surface area contributed by atoms with Crippen molar-refractivity contribution in [3.63, 3.8) is 0 Å². The van der Waals surface area contributed by atoms with Crippen molar-refractivity contribution in [2.24, 2.45) is 4.99 Å². The lowest BCUT2D eigenvalue weighted by Gasteiger charge is -2.29. The van der Waals surface area contributed by atoms with Crippen LogP contribution in [0.25, 0.3) is 6.08 Å². The normalized spacial score (nSPS) is 17.7. The van der Waals surface area contributed by atoms with Crippen molar-refractivity contribution in [3.05, 3.63) is 64.1 Å². The van der Waals surface area contributed by atoms with Crippen LogP contribution >= 0.6 is 11.8 Å². The van der Waals surface area contributed by atoms with Gasteiger partial charge in [-0.1, -0.05) is 24.3 Å². The molecule has 0 N–H and O–H groups in total. The van der Waals surface area contributed by atoms with E-state index in [4.69, 9.17) is 9.47 Å². The highest BCUT2D eigenvalue weighted by molar-refractivity contribution is 8.18. The molecule has 2 aliphatic heterocycles. The van der Waals surface area contributed by atoms with Gasteiger partial charge < -0.3 is 14.4 Å². The number of fused-ring (bicyclic) bond motifs is 1. The first-order chi connectivity index (χ1) is 13.2. The summed E-state index contributed by atoms with van der Waals surface area (Å²) < 4.78 is 10.7. The third-order valence-corrected chi connectivity index (χ3v) is 5.78. The van der Waals surface area contributed by atoms with Crippen LogP contribution in [0.4, 0.5) is 0 Å². The number of amidine groups is 1. The zero-order chi connectivity index (χ0) is 18.8. The van der Waals surface area contributed by atoms with Crippen molar-refractivity contribution in [2.75, 3.05) is 20.8 Å². The molecule has 6 heteroatoms. The topological polar surface area (TPSA) is 51.1 Å². The maximum absolute atomic E-state index is 12.5. The van der Waals surface area contributed by atoms with Crippen LogP contribution in [-0.2, 0) is 17.8 Å². The van der Waals surface area contributed by atoms with Crippen molar-refractivity contribution in [3.8, 4) is 11.5 Å². The monoisotopic (exact) mass is 380 g/mol. The standard InChI is InChI=1S/C21H20N2O3S/c1-25-17-7-8-18(26-2)16(11-17)12-19-20(24)22-21(27-19)23-10-9-14-5-3-4-6-15(14)13-23/h3-8,11-12H,9-10,13H2,1-2H3/b19-12-. The Labute approximate surface area is 162 Å². The van der Waals surface area contributed by atoms with Crippen LogP contribution in [0, 0.1) is 0 Å². The second kappa shape index (κ2) is 7.48. The number of hydrogen-bond acceptors (Lipinski definition) is 5. The van der Waals surface area contributed by atoms with Gasteiger partial charge in [-0.2, -0.15) is 4.99 Å². The molecule has 2 aromatic rings. The van der Waals surface area contributed by atoms with Gasteiger partial charge in [0.15, 0.2) is 5.17 Å². The van der Waals surface area contributed by atoms with E-state index in [1.165, 1.54) is 22.9 Å². The number of methoxy groups -OCH3 is 2. The highest BCUT2D eigenvalue weighted by Gasteiger charge is 2.28. The van der Waals surface area contributed by atoms with E-state index in [1.807, 2.05) is 24.3 Å². The molecule has 0 unspecified atom stereocenters. The number of carbonyl (C=O) groups is 1. The average Bonchev–Trinajstić information content (AvgIpc) is 3.08. The molecule has 2 aromatic carbocycles. The molecule has 27 heavy (non-hydrogen) atoms. The van der Waals surface area contributed by atoms with Gasteiger partial charge in [0, 0.05) is 18.7 Å². The van der Waals surface area contributed by atoms with Crippen molar-refractivity contribution in [1.29, 1.82) is 0 Å². The smallest absolute Gasteiger partial charge is 0.286 e. The summed E-state index contributed by atoms with van der Waals surface area (Å²) in [6.07, 6.45) is 2.79. The van der Waals surface area contributed by atoms with Crippen LogP contribution < -0.4 is 9.47 Å². The third kappa shape index (κ3) is 3.57. The Morgan fingerprint density at radius 1 is 1.11 bits per heavy atom. The molecule has 2 heterocycles. The van der Waals surface area contributed by atoms with Crippen molar-refractivity contribution < 1.29 is 14.3 Å². The quantitative estimate of drug-likeness (QED) is 0.760. The summed E-state index contributed by atoms with van der Waals surface area (Å²) in [4.78, 5) is 19.5. The molecule has 0 aromatic heterocycles. The lowest BCUT2D eigenvalue weighted by atomic mass is 10.0. The fourth-order valence-electron chi connectivity index (χ4n) is 3.29. The first-order valence-electron chi connectivity index (χ1n) is 8.74. The zero-order valence-electron chi connectivity index (χ0n) is 15.3. The van der Waals surface area contributed by atoms with Crippen LogP contribution in [0.2, 0.25) is 0 Å². The number of benzene rings is 2. The number of rotatable bonds is 3.